The second-order valence-corrected chi connectivity index (χ2v) is 9.92. The summed E-state index contributed by atoms with van der Waals surface area (Å²) in [6.07, 6.45) is 23.5. The first-order chi connectivity index (χ1) is 14.6. The highest BCUT2D eigenvalue weighted by atomic mass is 16.2. The van der Waals surface area contributed by atoms with Gasteiger partial charge in [-0.1, -0.05) is 77.0 Å². The average Bonchev–Trinajstić information content (AvgIpc) is 2.80. The minimum absolute atomic E-state index is 0.352. The fraction of sp³-hybridized carbons (Fsp3) is 0.923. The Balaban J connectivity index is 1.39. The van der Waals surface area contributed by atoms with Crippen LogP contribution < -0.4 is 0 Å². The zero-order chi connectivity index (χ0) is 21.6. The third-order valence-electron chi connectivity index (χ3n) is 7.56. The maximum absolute atomic E-state index is 12.3. The zero-order valence-corrected chi connectivity index (χ0v) is 20.0. The van der Waals surface area contributed by atoms with Crippen LogP contribution >= 0.6 is 0 Å². The number of nitrogens with zero attached hydrogens (tertiary/aromatic N) is 2. The predicted octanol–water partition coefficient (Wildman–Crippen LogP) is 6.47. The topological polar surface area (TPSA) is 40.6 Å². The van der Waals surface area contributed by atoms with E-state index in [0.717, 1.165) is 25.7 Å². The zero-order valence-electron chi connectivity index (χ0n) is 20.0. The van der Waals surface area contributed by atoms with Gasteiger partial charge in [-0.2, -0.15) is 0 Å². The second-order valence-electron chi connectivity index (χ2n) is 9.92. The molecule has 174 valence electrons. The fourth-order valence-corrected chi connectivity index (χ4v) is 5.31. The third kappa shape index (κ3) is 9.39. The van der Waals surface area contributed by atoms with Gasteiger partial charge >= 0.3 is 0 Å². The largest absolute Gasteiger partial charge is 0.343 e. The lowest BCUT2D eigenvalue weighted by Crippen LogP contribution is -2.38. The second kappa shape index (κ2) is 14.9. The van der Waals surface area contributed by atoms with E-state index in [1.54, 1.807) is 0 Å². The number of rotatable bonds is 13. The Hall–Kier alpha value is -1.06. The lowest BCUT2D eigenvalue weighted by Gasteiger charge is -2.31. The summed E-state index contributed by atoms with van der Waals surface area (Å²) in [5, 5.41) is 0. The Morgan fingerprint density at radius 1 is 0.533 bits per heavy atom. The molecular formula is C26H48N2O2. The molecule has 30 heavy (non-hydrogen) atoms. The monoisotopic (exact) mass is 420 g/mol. The molecule has 0 saturated heterocycles. The average molecular weight is 421 g/mol. The Bertz CT molecular complexity index is 437. The van der Waals surface area contributed by atoms with Crippen molar-refractivity contribution in [3.8, 4) is 0 Å². The highest BCUT2D eigenvalue weighted by Crippen LogP contribution is 2.23. The summed E-state index contributed by atoms with van der Waals surface area (Å²) in [5.74, 6) is 0.703. The summed E-state index contributed by atoms with van der Waals surface area (Å²) >= 11 is 0. The van der Waals surface area contributed by atoms with E-state index in [4.69, 9.17) is 0 Å². The highest BCUT2D eigenvalue weighted by molar-refractivity contribution is 5.76. The number of hydrogen-bond acceptors (Lipinski definition) is 2. The van der Waals surface area contributed by atoms with E-state index in [1.165, 1.54) is 103 Å². The van der Waals surface area contributed by atoms with Crippen LogP contribution in [0, 0.1) is 0 Å². The Kier molecular flexibility index (Phi) is 12.5. The summed E-state index contributed by atoms with van der Waals surface area (Å²) in [6.45, 7) is 0. The fourth-order valence-electron chi connectivity index (χ4n) is 5.31. The molecule has 2 aliphatic rings. The number of carbonyl (C=O) groups excluding carboxylic acids is 2. The molecule has 2 saturated carbocycles. The van der Waals surface area contributed by atoms with E-state index >= 15 is 0 Å². The van der Waals surface area contributed by atoms with Gasteiger partial charge in [0, 0.05) is 39.0 Å². The van der Waals surface area contributed by atoms with E-state index in [1.807, 2.05) is 23.9 Å². The molecular weight excluding hydrogens is 372 g/mol. The quantitative estimate of drug-likeness (QED) is 0.320. The van der Waals surface area contributed by atoms with Crippen molar-refractivity contribution < 1.29 is 9.59 Å². The Morgan fingerprint density at radius 3 is 1.17 bits per heavy atom. The Morgan fingerprint density at radius 2 is 0.833 bits per heavy atom. The summed E-state index contributed by atoms with van der Waals surface area (Å²) in [6, 6.07) is 1.00. The SMILES string of the molecule is CN(C(=O)CCCCCCCCCCC(=O)N(C)C1CCCCC1)C1CCCCC1. The Labute approximate surface area is 186 Å². The number of unbranched alkanes of at least 4 members (excludes halogenated alkanes) is 7. The summed E-state index contributed by atoms with van der Waals surface area (Å²) in [5.41, 5.74) is 0. The van der Waals surface area contributed by atoms with Crippen LogP contribution in [0.3, 0.4) is 0 Å². The maximum Gasteiger partial charge on any atom is 0.222 e. The number of carbonyl (C=O) groups is 2. The first-order valence-electron chi connectivity index (χ1n) is 13.1. The number of hydrogen-bond donors (Lipinski definition) is 0. The van der Waals surface area contributed by atoms with Crippen LogP contribution in [0.4, 0.5) is 0 Å². The van der Waals surface area contributed by atoms with E-state index in [-0.39, 0.29) is 0 Å². The van der Waals surface area contributed by atoms with Gasteiger partial charge in [0.2, 0.25) is 11.8 Å². The molecule has 2 rings (SSSR count). The minimum Gasteiger partial charge on any atom is -0.343 e. The van der Waals surface area contributed by atoms with Gasteiger partial charge in [0.25, 0.3) is 0 Å². The molecule has 2 amide bonds. The molecule has 0 aromatic carbocycles. The minimum atomic E-state index is 0.352. The van der Waals surface area contributed by atoms with Gasteiger partial charge in [-0.15, -0.1) is 0 Å². The van der Waals surface area contributed by atoms with Crippen LogP contribution in [0.1, 0.15) is 128 Å². The lowest BCUT2D eigenvalue weighted by atomic mass is 9.94. The number of amides is 2. The van der Waals surface area contributed by atoms with Crippen LogP contribution in [0.15, 0.2) is 0 Å². The van der Waals surface area contributed by atoms with Crippen molar-refractivity contribution in [2.45, 2.75) is 141 Å². The standard InChI is InChI=1S/C26H48N2O2/c1-27(23-17-11-9-12-18-23)25(29)21-15-7-5-3-4-6-8-16-22-26(30)28(2)24-19-13-10-14-20-24/h23-24H,3-22H2,1-2H3. The van der Waals surface area contributed by atoms with Gasteiger partial charge in [-0.25, -0.2) is 0 Å². The van der Waals surface area contributed by atoms with Gasteiger partial charge in [-0.05, 0) is 38.5 Å². The molecule has 2 aliphatic carbocycles. The smallest absolute Gasteiger partial charge is 0.222 e. The molecule has 0 unspecified atom stereocenters. The van der Waals surface area contributed by atoms with Gasteiger partial charge in [-0.3, -0.25) is 9.59 Å². The molecule has 0 aromatic heterocycles. The first kappa shape index (κ1) is 25.2. The van der Waals surface area contributed by atoms with Gasteiger partial charge in [0.15, 0.2) is 0 Å². The van der Waals surface area contributed by atoms with Crippen molar-refractivity contribution in [2.24, 2.45) is 0 Å². The lowest BCUT2D eigenvalue weighted by molar-refractivity contribution is -0.133. The van der Waals surface area contributed by atoms with Crippen molar-refractivity contribution in [1.29, 1.82) is 0 Å². The predicted molar refractivity (Wildman–Crippen MR) is 125 cm³/mol. The van der Waals surface area contributed by atoms with E-state index in [2.05, 4.69) is 0 Å². The van der Waals surface area contributed by atoms with Crippen LogP contribution in [0.25, 0.3) is 0 Å². The molecule has 0 bridgehead atoms. The van der Waals surface area contributed by atoms with E-state index in [0.29, 0.717) is 23.9 Å². The van der Waals surface area contributed by atoms with Crippen molar-refractivity contribution in [1.82, 2.24) is 9.80 Å². The summed E-state index contributed by atoms with van der Waals surface area (Å²) in [4.78, 5) is 28.8. The van der Waals surface area contributed by atoms with Crippen LogP contribution in [0.5, 0.6) is 0 Å². The van der Waals surface area contributed by atoms with Crippen LogP contribution in [-0.4, -0.2) is 47.8 Å². The normalized spacial score (nSPS) is 18.3. The highest BCUT2D eigenvalue weighted by Gasteiger charge is 2.22. The molecule has 4 nitrogen and oxygen atoms in total. The summed E-state index contributed by atoms with van der Waals surface area (Å²) < 4.78 is 0. The summed E-state index contributed by atoms with van der Waals surface area (Å²) in [7, 11) is 4.02. The molecule has 0 heterocycles. The van der Waals surface area contributed by atoms with E-state index < -0.39 is 0 Å². The molecule has 0 aromatic rings. The maximum atomic E-state index is 12.3. The van der Waals surface area contributed by atoms with Crippen molar-refractivity contribution in [3.63, 3.8) is 0 Å². The molecule has 0 aliphatic heterocycles. The molecule has 0 N–H and O–H groups in total. The van der Waals surface area contributed by atoms with Crippen LogP contribution in [0.2, 0.25) is 0 Å². The molecule has 2 fully saturated rings. The molecule has 0 spiro atoms. The van der Waals surface area contributed by atoms with Crippen molar-refractivity contribution in [3.05, 3.63) is 0 Å². The first-order valence-corrected chi connectivity index (χ1v) is 13.1. The molecule has 4 heteroatoms. The van der Waals surface area contributed by atoms with Crippen molar-refractivity contribution in [2.75, 3.05) is 14.1 Å². The third-order valence-corrected chi connectivity index (χ3v) is 7.56. The molecule has 0 atom stereocenters. The molecule has 0 radical (unpaired) electrons. The van der Waals surface area contributed by atoms with Crippen LogP contribution in [-0.2, 0) is 9.59 Å². The van der Waals surface area contributed by atoms with Crippen molar-refractivity contribution >= 4 is 11.8 Å². The van der Waals surface area contributed by atoms with Gasteiger partial charge in [0.1, 0.15) is 0 Å². The van der Waals surface area contributed by atoms with Gasteiger partial charge in [0.05, 0.1) is 0 Å². The van der Waals surface area contributed by atoms with E-state index in [9.17, 15) is 9.59 Å². The van der Waals surface area contributed by atoms with Gasteiger partial charge < -0.3 is 9.80 Å².